The number of allylic oxidation sites excluding steroid dienone is 4. The predicted octanol–water partition coefficient (Wildman–Crippen LogP) is 8.93. The number of ether oxygens (including phenoxy) is 2. The molecule has 1 fully saturated rings. The van der Waals surface area contributed by atoms with Gasteiger partial charge in [-0.05, 0) is 31.9 Å². The van der Waals surface area contributed by atoms with Crippen LogP contribution in [0, 0.1) is 0 Å². The third kappa shape index (κ3) is 16.4. The topological polar surface area (TPSA) is 18.5 Å². The van der Waals surface area contributed by atoms with Crippen molar-refractivity contribution in [3.05, 3.63) is 79.8 Å². The highest BCUT2D eigenvalue weighted by molar-refractivity contribution is 7.10. The maximum absolute atomic E-state index is 5.74. The number of hydrogen-bond acceptors (Lipinski definition) is 2. The Morgan fingerprint density at radius 1 is 0.818 bits per heavy atom. The fourth-order valence-corrected chi connectivity index (χ4v) is 59.1. The minimum absolute atomic E-state index is 0.847. The van der Waals surface area contributed by atoms with Crippen LogP contribution in [-0.4, -0.2) is 83.6 Å². The van der Waals surface area contributed by atoms with Crippen molar-refractivity contribution in [2.24, 2.45) is 0 Å². The quantitative estimate of drug-likeness (QED) is 0.0692. The highest BCUT2D eigenvalue weighted by Gasteiger charge is 2.42. The smallest absolute Gasteiger partial charge is 0.0870 e. The zero-order valence-electron chi connectivity index (χ0n) is 28.9. The fraction of sp³-hybridized carbons (Fsp3) is 0.588. The van der Waals surface area contributed by atoms with Crippen LogP contribution in [-0.2, 0) is 9.47 Å². The average Bonchev–Trinajstić information content (AvgIpc) is 2.95. The molecule has 44 heavy (non-hydrogen) atoms. The van der Waals surface area contributed by atoms with Gasteiger partial charge in [0.15, 0.2) is 0 Å². The maximum atomic E-state index is 5.74. The highest BCUT2D eigenvalue weighted by Crippen LogP contribution is 2.35. The first-order chi connectivity index (χ1) is 20.9. The van der Waals surface area contributed by atoms with Gasteiger partial charge in [0.1, 0.15) is 0 Å². The summed E-state index contributed by atoms with van der Waals surface area (Å²) in [5.74, 6) is 0. The molecular weight excluding hydrogens is 665 g/mol. The van der Waals surface area contributed by atoms with Crippen molar-refractivity contribution in [3.63, 3.8) is 0 Å². The molecule has 1 aromatic rings. The molecule has 0 spiro atoms. The van der Waals surface area contributed by atoms with E-state index in [-0.39, 0.29) is 0 Å². The molecule has 3 unspecified atom stereocenters. The highest BCUT2D eigenvalue weighted by atomic mass is 28.4. The van der Waals surface area contributed by atoms with Crippen LogP contribution < -0.4 is 5.19 Å². The van der Waals surface area contributed by atoms with E-state index in [1.807, 2.05) is 25.3 Å². The first kappa shape index (κ1) is 39.7. The van der Waals surface area contributed by atoms with E-state index < -0.39 is 32.3 Å². The molecule has 0 aliphatic carbocycles. The van der Waals surface area contributed by atoms with E-state index in [1.165, 1.54) is 49.6 Å². The fourth-order valence-electron chi connectivity index (χ4n) is 6.73. The zero-order chi connectivity index (χ0) is 32.4. The normalized spacial score (nSPS) is 26.6. The standard InChI is InChI=1S/C34H60O2Si8/c1-9-10-19-35-20-14-23-37-26-42(6)28-39-25-41(4,5)31-44(8,34-16-12-11-13-17-34)30-40-29-43(7,32-42)27-38-24-15-21-36-22-18-33(2)3/h9-13,16-19,22H,1-2,14-15,20-21,23-32H2,3-8H3. The van der Waals surface area contributed by atoms with Gasteiger partial charge < -0.3 is 9.47 Å². The average molecular weight is 726 g/mol. The molecule has 240 valence electrons. The van der Waals surface area contributed by atoms with Crippen molar-refractivity contribution in [3.8, 4) is 0 Å². The van der Waals surface area contributed by atoms with Crippen LogP contribution in [0.15, 0.2) is 79.8 Å². The van der Waals surface area contributed by atoms with E-state index >= 15 is 0 Å². The maximum Gasteiger partial charge on any atom is 0.0870 e. The Hall–Kier alpha value is -0.485. The van der Waals surface area contributed by atoms with Gasteiger partial charge in [-0.1, -0.05) is 150 Å². The SMILES string of the molecule is C=CC=COCCC[Si]C[Si]1(C)C[Si]C[Si](C)(C)C[Si](C)(c2ccccc2)C[Si]C[Si](C)(C[Si]CCCOC=CC(=C)C)C1. The molecule has 1 heterocycles. The monoisotopic (exact) mass is 724 g/mol. The Kier molecular flexibility index (Phi) is 18.7. The first-order valence-corrected chi connectivity index (χ1v) is 34.9. The van der Waals surface area contributed by atoms with Crippen molar-refractivity contribution in [2.45, 2.75) is 110 Å². The summed E-state index contributed by atoms with van der Waals surface area (Å²) >= 11 is 0. The molecular formula is C34H60O2Si8. The molecule has 0 aromatic heterocycles. The van der Waals surface area contributed by atoms with E-state index in [0.29, 0.717) is 0 Å². The van der Waals surface area contributed by atoms with Crippen molar-refractivity contribution < 1.29 is 9.47 Å². The van der Waals surface area contributed by atoms with Crippen molar-refractivity contribution in [1.29, 1.82) is 0 Å². The van der Waals surface area contributed by atoms with Crippen molar-refractivity contribution in [2.75, 3.05) is 13.2 Å². The molecule has 10 heteroatoms. The van der Waals surface area contributed by atoms with Gasteiger partial charge in [-0.25, -0.2) is 0 Å². The number of rotatable bonds is 17. The Morgan fingerprint density at radius 2 is 1.39 bits per heavy atom. The van der Waals surface area contributed by atoms with Gasteiger partial charge in [-0.2, -0.15) is 0 Å². The van der Waals surface area contributed by atoms with Gasteiger partial charge in [-0.3, -0.25) is 0 Å². The Balaban J connectivity index is 2.12. The van der Waals surface area contributed by atoms with Crippen LogP contribution in [0.25, 0.3) is 0 Å². The van der Waals surface area contributed by atoms with Gasteiger partial charge >= 0.3 is 0 Å². The van der Waals surface area contributed by atoms with Crippen molar-refractivity contribution in [1.82, 2.24) is 0 Å². The second-order valence-corrected chi connectivity index (χ2v) is 44.4. The minimum atomic E-state index is -1.47. The predicted molar refractivity (Wildman–Crippen MR) is 214 cm³/mol. The van der Waals surface area contributed by atoms with Crippen LogP contribution in [0.4, 0.5) is 0 Å². The summed E-state index contributed by atoms with van der Waals surface area (Å²) in [4.78, 5) is 0. The lowest BCUT2D eigenvalue weighted by molar-refractivity contribution is 0.249. The van der Waals surface area contributed by atoms with Crippen LogP contribution >= 0.6 is 0 Å². The summed E-state index contributed by atoms with van der Waals surface area (Å²) in [5, 5.41) is 1.74. The lowest BCUT2D eigenvalue weighted by Gasteiger charge is -2.41. The van der Waals surface area contributed by atoms with E-state index in [1.54, 1.807) is 57.2 Å². The molecule has 1 aromatic carbocycles. The zero-order valence-corrected chi connectivity index (χ0v) is 36.9. The summed E-state index contributed by atoms with van der Waals surface area (Å²) in [6.07, 6.45) is 11.6. The summed E-state index contributed by atoms with van der Waals surface area (Å²) in [6.45, 7) is 25.3. The molecule has 0 saturated carbocycles. The van der Waals surface area contributed by atoms with Gasteiger partial charge in [0.25, 0.3) is 0 Å². The molecule has 1 saturated heterocycles. The van der Waals surface area contributed by atoms with Crippen LogP contribution in [0.5, 0.6) is 0 Å². The van der Waals surface area contributed by atoms with E-state index in [2.05, 4.69) is 76.2 Å². The molecule has 0 bridgehead atoms. The summed E-state index contributed by atoms with van der Waals surface area (Å²) in [7, 11) is -0.646. The molecule has 0 amide bonds. The molecule has 0 N–H and O–H groups in total. The Morgan fingerprint density at radius 3 is 1.95 bits per heavy atom. The summed E-state index contributed by atoms with van der Waals surface area (Å²) in [6, 6.07) is 14.5. The minimum Gasteiger partial charge on any atom is -0.501 e. The lowest BCUT2D eigenvalue weighted by Crippen LogP contribution is -2.54. The third-order valence-corrected chi connectivity index (χ3v) is 52.0. The van der Waals surface area contributed by atoms with Crippen LogP contribution in [0.1, 0.15) is 19.8 Å². The van der Waals surface area contributed by atoms with Gasteiger partial charge in [-0.15, -0.1) is 0 Å². The van der Waals surface area contributed by atoms with E-state index in [9.17, 15) is 0 Å². The van der Waals surface area contributed by atoms with Crippen molar-refractivity contribution >= 4 is 75.6 Å². The van der Waals surface area contributed by atoms with Gasteiger partial charge in [0.2, 0.25) is 0 Å². The number of benzene rings is 1. The van der Waals surface area contributed by atoms with Gasteiger partial charge in [0.05, 0.1) is 33.8 Å². The molecule has 8 radical (unpaired) electrons. The van der Waals surface area contributed by atoms with E-state index in [4.69, 9.17) is 9.47 Å². The van der Waals surface area contributed by atoms with Crippen LogP contribution in [0.2, 0.25) is 90.2 Å². The molecule has 2 rings (SSSR count). The summed E-state index contributed by atoms with van der Waals surface area (Å²) < 4.78 is 11.4. The molecule has 1 aliphatic rings. The lowest BCUT2D eigenvalue weighted by atomic mass is 10.3. The molecule has 2 nitrogen and oxygen atoms in total. The summed E-state index contributed by atoms with van der Waals surface area (Å²) in [5.41, 5.74) is 13.7. The Labute approximate surface area is 286 Å². The molecule has 1 aliphatic heterocycles. The Bertz CT molecular complexity index is 1030. The first-order valence-electron chi connectivity index (χ1n) is 16.6. The third-order valence-electron chi connectivity index (χ3n) is 8.51. The van der Waals surface area contributed by atoms with Gasteiger partial charge in [0, 0.05) is 62.3 Å². The second-order valence-electron chi connectivity index (χ2n) is 14.8. The largest absolute Gasteiger partial charge is 0.501 e. The van der Waals surface area contributed by atoms with E-state index in [0.717, 1.165) is 37.8 Å². The molecule has 3 atom stereocenters. The van der Waals surface area contributed by atoms with Crippen LogP contribution in [0.3, 0.4) is 0 Å². The second kappa shape index (κ2) is 20.7. The number of hydrogen-bond donors (Lipinski definition) is 0.